The van der Waals surface area contributed by atoms with Crippen LogP contribution in [0.25, 0.3) is 11.0 Å². The molecule has 0 radical (unpaired) electrons. The van der Waals surface area contributed by atoms with Crippen LogP contribution in [0.2, 0.25) is 0 Å². The monoisotopic (exact) mass is 344 g/mol. The van der Waals surface area contributed by atoms with Crippen LogP contribution >= 0.6 is 0 Å². The first-order chi connectivity index (χ1) is 12.2. The second kappa shape index (κ2) is 7.11. The van der Waals surface area contributed by atoms with Gasteiger partial charge in [-0.25, -0.2) is 10.5 Å². The first-order valence-corrected chi connectivity index (χ1v) is 9.02. The normalized spacial score (nSPS) is 21.2. The van der Waals surface area contributed by atoms with Crippen LogP contribution < -0.4 is 5.48 Å². The number of hydrogen-bond donors (Lipinski definition) is 2. The van der Waals surface area contributed by atoms with Gasteiger partial charge in [-0.05, 0) is 50.6 Å². The summed E-state index contributed by atoms with van der Waals surface area (Å²) in [6.07, 6.45) is 5.06. The van der Waals surface area contributed by atoms with Gasteiger partial charge >= 0.3 is 0 Å². The maximum Gasteiger partial charge on any atom is 0.274 e. The van der Waals surface area contributed by atoms with Crippen molar-refractivity contribution in [2.75, 3.05) is 19.7 Å². The van der Waals surface area contributed by atoms with Crippen LogP contribution in [0.1, 0.15) is 41.9 Å². The second-order valence-corrected chi connectivity index (χ2v) is 6.90. The summed E-state index contributed by atoms with van der Waals surface area (Å²) in [5, 5.41) is 8.90. The molecule has 25 heavy (non-hydrogen) atoms. The van der Waals surface area contributed by atoms with E-state index in [1.54, 1.807) is 17.6 Å². The van der Waals surface area contributed by atoms with Crippen molar-refractivity contribution in [2.45, 2.75) is 44.9 Å². The molecule has 1 aromatic carbocycles. The molecule has 1 unspecified atom stereocenters. The Hall–Kier alpha value is -1.96. The molecule has 2 saturated heterocycles. The van der Waals surface area contributed by atoms with E-state index < -0.39 is 5.91 Å². The maximum atomic E-state index is 11.8. The largest absolute Gasteiger partial charge is 0.376 e. The Bertz CT molecular complexity index is 763. The summed E-state index contributed by atoms with van der Waals surface area (Å²) in [6.45, 7) is 4.62. The maximum absolute atomic E-state index is 11.8. The first kappa shape index (κ1) is 16.5. The van der Waals surface area contributed by atoms with E-state index in [4.69, 9.17) is 14.9 Å². The minimum Gasteiger partial charge on any atom is -0.376 e. The van der Waals surface area contributed by atoms with Crippen LogP contribution in [0.15, 0.2) is 18.2 Å². The van der Waals surface area contributed by atoms with Crippen molar-refractivity contribution in [3.63, 3.8) is 0 Å². The highest BCUT2D eigenvalue weighted by molar-refractivity contribution is 5.96. The number of fused-ring (bicyclic) bond motifs is 1. The standard InChI is InChI=1S/C18H24N4O3/c23-18(20-24)13-4-5-15-16(10-13)22(11-14-6-9-25-14)17(19-15)12-21-7-2-1-3-8-21/h4-5,10,14,24H,1-3,6-9,11-12H2,(H,20,23). The van der Waals surface area contributed by atoms with Crippen LogP contribution in [0, 0.1) is 0 Å². The molecule has 2 aliphatic rings. The fourth-order valence-electron chi connectivity index (χ4n) is 3.65. The third-order valence-corrected chi connectivity index (χ3v) is 5.18. The number of hydroxylamine groups is 1. The highest BCUT2D eigenvalue weighted by atomic mass is 16.5. The summed E-state index contributed by atoms with van der Waals surface area (Å²) in [7, 11) is 0. The van der Waals surface area contributed by atoms with Gasteiger partial charge in [0, 0.05) is 12.2 Å². The molecule has 2 aliphatic heterocycles. The zero-order valence-corrected chi connectivity index (χ0v) is 14.3. The highest BCUT2D eigenvalue weighted by Gasteiger charge is 2.23. The van der Waals surface area contributed by atoms with Crippen LogP contribution in [-0.4, -0.2) is 51.4 Å². The Morgan fingerprint density at radius 2 is 2.12 bits per heavy atom. The zero-order chi connectivity index (χ0) is 17.2. The fraction of sp³-hybridized carbons (Fsp3) is 0.556. The van der Waals surface area contributed by atoms with E-state index in [9.17, 15) is 4.79 Å². The lowest BCUT2D eigenvalue weighted by Crippen LogP contribution is -2.34. The Morgan fingerprint density at radius 3 is 2.80 bits per heavy atom. The van der Waals surface area contributed by atoms with Gasteiger partial charge in [0.05, 0.1) is 30.2 Å². The number of rotatable bonds is 5. The molecule has 0 saturated carbocycles. The van der Waals surface area contributed by atoms with Crippen LogP contribution in [-0.2, 0) is 17.8 Å². The zero-order valence-electron chi connectivity index (χ0n) is 14.3. The summed E-state index contributed by atoms with van der Waals surface area (Å²) >= 11 is 0. The van der Waals surface area contributed by atoms with E-state index in [-0.39, 0.29) is 6.10 Å². The lowest BCUT2D eigenvalue weighted by Gasteiger charge is -2.29. The Labute approximate surface area is 146 Å². The third-order valence-electron chi connectivity index (χ3n) is 5.18. The molecule has 134 valence electrons. The Morgan fingerprint density at radius 1 is 1.32 bits per heavy atom. The van der Waals surface area contributed by atoms with Gasteiger partial charge < -0.3 is 9.30 Å². The second-order valence-electron chi connectivity index (χ2n) is 6.90. The lowest BCUT2D eigenvalue weighted by atomic mass is 10.1. The number of carbonyl (C=O) groups excluding carboxylic acids is 1. The summed E-state index contributed by atoms with van der Waals surface area (Å²) < 4.78 is 7.80. The van der Waals surface area contributed by atoms with Crippen molar-refractivity contribution in [3.05, 3.63) is 29.6 Å². The van der Waals surface area contributed by atoms with Crippen molar-refractivity contribution in [2.24, 2.45) is 0 Å². The molecular formula is C18H24N4O3. The van der Waals surface area contributed by atoms with E-state index in [1.807, 2.05) is 6.07 Å². The molecule has 4 rings (SSSR count). The first-order valence-electron chi connectivity index (χ1n) is 9.02. The minimum absolute atomic E-state index is 0.216. The predicted molar refractivity (Wildman–Crippen MR) is 92.5 cm³/mol. The number of piperidine rings is 1. The average molecular weight is 344 g/mol. The van der Waals surface area contributed by atoms with Gasteiger partial charge in [-0.15, -0.1) is 0 Å². The Balaban J connectivity index is 1.69. The summed E-state index contributed by atoms with van der Waals surface area (Å²) in [6, 6.07) is 5.33. The quantitative estimate of drug-likeness (QED) is 0.640. The van der Waals surface area contributed by atoms with Gasteiger partial charge in [0.2, 0.25) is 0 Å². The van der Waals surface area contributed by atoms with Gasteiger partial charge in [0.25, 0.3) is 5.91 Å². The molecule has 0 spiro atoms. The molecule has 1 amide bonds. The number of nitrogens with one attached hydrogen (secondary N) is 1. The van der Waals surface area contributed by atoms with Crippen molar-refractivity contribution < 1.29 is 14.7 Å². The van der Waals surface area contributed by atoms with Gasteiger partial charge in [0.1, 0.15) is 5.82 Å². The van der Waals surface area contributed by atoms with E-state index in [2.05, 4.69) is 9.47 Å². The fourth-order valence-corrected chi connectivity index (χ4v) is 3.65. The molecule has 0 aliphatic carbocycles. The molecule has 2 fully saturated rings. The summed E-state index contributed by atoms with van der Waals surface area (Å²) in [5.74, 6) is 0.515. The molecule has 0 bridgehead atoms. The summed E-state index contributed by atoms with van der Waals surface area (Å²) in [5.41, 5.74) is 3.92. The number of hydrogen-bond acceptors (Lipinski definition) is 5. The van der Waals surface area contributed by atoms with Gasteiger partial charge in [-0.2, -0.15) is 0 Å². The average Bonchev–Trinajstić information content (AvgIpc) is 2.94. The number of amides is 1. The number of imidazole rings is 1. The number of carbonyl (C=O) groups is 1. The molecule has 1 atom stereocenters. The lowest BCUT2D eigenvalue weighted by molar-refractivity contribution is -0.0592. The molecular weight excluding hydrogens is 320 g/mol. The van der Waals surface area contributed by atoms with Crippen molar-refractivity contribution in [1.82, 2.24) is 19.9 Å². The summed E-state index contributed by atoms with van der Waals surface area (Å²) in [4.78, 5) is 19.0. The van der Waals surface area contributed by atoms with Gasteiger partial charge in [-0.3, -0.25) is 14.9 Å². The van der Waals surface area contributed by atoms with Crippen LogP contribution in [0.3, 0.4) is 0 Å². The highest BCUT2D eigenvalue weighted by Crippen LogP contribution is 2.24. The predicted octanol–water partition coefficient (Wildman–Crippen LogP) is 1.93. The molecule has 7 nitrogen and oxygen atoms in total. The molecule has 7 heteroatoms. The van der Waals surface area contributed by atoms with Crippen molar-refractivity contribution in [3.8, 4) is 0 Å². The molecule has 1 aromatic heterocycles. The smallest absolute Gasteiger partial charge is 0.274 e. The number of aromatic nitrogens is 2. The number of likely N-dealkylation sites (tertiary alicyclic amines) is 1. The topological polar surface area (TPSA) is 79.6 Å². The number of ether oxygens (including phenoxy) is 1. The minimum atomic E-state index is -0.507. The van der Waals surface area contributed by atoms with Crippen LogP contribution in [0.5, 0.6) is 0 Å². The number of benzene rings is 1. The SMILES string of the molecule is O=C(NO)c1ccc2nc(CN3CCCCC3)n(CC3CCO3)c2c1. The van der Waals surface area contributed by atoms with E-state index in [0.29, 0.717) is 5.56 Å². The van der Waals surface area contributed by atoms with Gasteiger partial charge in [0.15, 0.2) is 0 Å². The Kier molecular flexibility index (Phi) is 4.70. The van der Waals surface area contributed by atoms with E-state index >= 15 is 0 Å². The van der Waals surface area contributed by atoms with E-state index in [1.165, 1.54) is 19.3 Å². The third kappa shape index (κ3) is 3.40. The van der Waals surface area contributed by atoms with Crippen molar-refractivity contribution >= 4 is 16.9 Å². The molecule has 2 N–H and O–H groups in total. The van der Waals surface area contributed by atoms with Crippen molar-refractivity contribution in [1.29, 1.82) is 0 Å². The molecule has 2 aromatic rings. The molecule has 3 heterocycles. The van der Waals surface area contributed by atoms with E-state index in [0.717, 1.165) is 56.1 Å². The number of nitrogens with zero attached hydrogens (tertiary/aromatic N) is 3. The van der Waals surface area contributed by atoms with Crippen LogP contribution in [0.4, 0.5) is 0 Å². The van der Waals surface area contributed by atoms with Gasteiger partial charge in [-0.1, -0.05) is 6.42 Å².